The number of benzene rings is 1. The average Bonchev–Trinajstić information content (AvgIpc) is 2.33. The first-order valence-corrected chi connectivity index (χ1v) is 7.53. The first-order chi connectivity index (χ1) is 9.43. The highest BCUT2D eigenvalue weighted by atomic mass is 16.5. The highest BCUT2D eigenvalue weighted by Gasteiger charge is 2.11. The van der Waals surface area contributed by atoms with E-state index in [0.717, 1.165) is 26.1 Å². The van der Waals surface area contributed by atoms with Gasteiger partial charge in [-0.3, -0.25) is 0 Å². The lowest BCUT2D eigenvalue weighted by Crippen LogP contribution is -2.31. The Balaban J connectivity index is 2.89. The SMILES string of the molecule is COCCN(CC(C)C)c1ccc(CC(C)N)cc1C. The maximum Gasteiger partial charge on any atom is 0.0637 e. The van der Waals surface area contributed by atoms with Gasteiger partial charge in [0.15, 0.2) is 0 Å². The van der Waals surface area contributed by atoms with Crippen LogP contribution in [0.5, 0.6) is 0 Å². The summed E-state index contributed by atoms with van der Waals surface area (Å²) < 4.78 is 5.23. The van der Waals surface area contributed by atoms with Crippen LogP contribution in [0, 0.1) is 12.8 Å². The lowest BCUT2D eigenvalue weighted by Gasteiger charge is -2.28. The van der Waals surface area contributed by atoms with Crippen molar-refractivity contribution in [1.82, 2.24) is 0 Å². The number of methoxy groups -OCH3 is 1. The molecule has 0 bridgehead atoms. The number of hydrogen-bond acceptors (Lipinski definition) is 3. The van der Waals surface area contributed by atoms with Crippen molar-refractivity contribution in [3.63, 3.8) is 0 Å². The summed E-state index contributed by atoms with van der Waals surface area (Å²) in [5.74, 6) is 0.634. The Morgan fingerprint density at radius 1 is 1.25 bits per heavy atom. The van der Waals surface area contributed by atoms with Crippen LogP contribution in [0.2, 0.25) is 0 Å². The Morgan fingerprint density at radius 3 is 2.45 bits per heavy atom. The van der Waals surface area contributed by atoms with E-state index in [-0.39, 0.29) is 6.04 Å². The smallest absolute Gasteiger partial charge is 0.0637 e. The molecular formula is C17H30N2O. The number of nitrogens with two attached hydrogens (primary N) is 1. The lowest BCUT2D eigenvalue weighted by atomic mass is 10.0. The van der Waals surface area contributed by atoms with Crippen molar-refractivity contribution < 1.29 is 4.74 Å². The van der Waals surface area contributed by atoms with Crippen molar-refractivity contribution in [3.05, 3.63) is 29.3 Å². The zero-order chi connectivity index (χ0) is 15.1. The summed E-state index contributed by atoms with van der Waals surface area (Å²) in [6.07, 6.45) is 0.934. The number of aryl methyl sites for hydroxylation is 1. The van der Waals surface area contributed by atoms with E-state index in [1.165, 1.54) is 16.8 Å². The van der Waals surface area contributed by atoms with Crippen molar-refractivity contribution in [2.24, 2.45) is 11.7 Å². The molecular weight excluding hydrogens is 248 g/mol. The zero-order valence-electron chi connectivity index (χ0n) is 13.6. The molecule has 0 radical (unpaired) electrons. The van der Waals surface area contributed by atoms with Gasteiger partial charge in [-0.1, -0.05) is 26.0 Å². The minimum absolute atomic E-state index is 0.209. The predicted octanol–water partition coefficient (Wildman–Crippen LogP) is 2.99. The Morgan fingerprint density at radius 2 is 1.95 bits per heavy atom. The number of hydrogen-bond donors (Lipinski definition) is 1. The molecule has 2 N–H and O–H groups in total. The molecule has 0 amide bonds. The van der Waals surface area contributed by atoms with E-state index in [0.29, 0.717) is 5.92 Å². The zero-order valence-corrected chi connectivity index (χ0v) is 13.6. The summed E-state index contributed by atoms with van der Waals surface area (Å²) in [4.78, 5) is 2.42. The largest absolute Gasteiger partial charge is 0.383 e. The van der Waals surface area contributed by atoms with E-state index >= 15 is 0 Å². The molecule has 114 valence electrons. The molecule has 0 saturated carbocycles. The van der Waals surface area contributed by atoms with E-state index in [1.54, 1.807) is 7.11 Å². The molecule has 0 aromatic heterocycles. The summed E-state index contributed by atoms with van der Waals surface area (Å²) in [5.41, 5.74) is 9.82. The van der Waals surface area contributed by atoms with E-state index < -0.39 is 0 Å². The van der Waals surface area contributed by atoms with Crippen molar-refractivity contribution in [2.45, 2.75) is 40.2 Å². The van der Waals surface area contributed by atoms with E-state index in [4.69, 9.17) is 10.5 Å². The molecule has 0 saturated heterocycles. The molecule has 0 heterocycles. The van der Waals surface area contributed by atoms with Crippen molar-refractivity contribution in [2.75, 3.05) is 31.7 Å². The van der Waals surface area contributed by atoms with Crippen LogP contribution in [0.25, 0.3) is 0 Å². The van der Waals surface area contributed by atoms with Gasteiger partial charge in [-0.2, -0.15) is 0 Å². The van der Waals surface area contributed by atoms with Crippen LogP contribution in [-0.4, -0.2) is 32.8 Å². The van der Waals surface area contributed by atoms with E-state index in [1.807, 2.05) is 6.92 Å². The molecule has 1 unspecified atom stereocenters. The first kappa shape index (κ1) is 17.0. The van der Waals surface area contributed by atoms with Crippen LogP contribution < -0.4 is 10.6 Å². The second kappa shape index (κ2) is 8.28. The molecule has 3 nitrogen and oxygen atoms in total. The maximum atomic E-state index is 5.88. The number of rotatable bonds is 8. The van der Waals surface area contributed by atoms with Crippen molar-refractivity contribution in [3.8, 4) is 0 Å². The summed E-state index contributed by atoms with van der Waals surface area (Å²) >= 11 is 0. The molecule has 0 fully saturated rings. The topological polar surface area (TPSA) is 38.5 Å². The molecule has 0 aliphatic heterocycles. The highest BCUT2D eigenvalue weighted by Crippen LogP contribution is 2.23. The third kappa shape index (κ3) is 5.51. The summed E-state index contributed by atoms with van der Waals surface area (Å²) in [6, 6.07) is 6.90. The van der Waals surface area contributed by atoms with Crippen LogP contribution in [-0.2, 0) is 11.2 Å². The summed E-state index contributed by atoms with van der Waals surface area (Å²) in [7, 11) is 1.76. The van der Waals surface area contributed by atoms with Crippen LogP contribution in [0.3, 0.4) is 0 Å². The monoisotopic (exact) mass is 278 g/mol. The van der Waals surface area contributed by atoms with Gasteiger partial charge in [0, 0.05) is 31.9 Å². The number of ether oxygens (including phenoxy) is 1. The highest BCUT2D eigenvalue weighted by molar-refractivity contribution is 5.54. The third-order valence-corrected chi connectivity index (χ3v) is 3.31. The molecule has 1 aromatic rings. The minimum atomic E-state index is 0.209. The van der Waals surface area contributed by atoms with E-state index in [9.17, 15) is 0 Å². The van der Waals surface area contributed by atoms with Crippen LogP contribution in [0.15, 0.2) is 18.2 Å². The maximum absolute atomic E-state index is 5.88. The number of anilines is 1. The Kier molecular flexibility index (Phi) is 7.03. The molecule has 0 aliphatic carbocycles. The van der Waals surface area contributed by atoms with E-state index in [2.05, 4.69) is 43.9 Å². The van der Waals surface area contributed by atoms with Gasteiger partial charge in [0.05, 0.1) is 6.61 Å². The fourth-order valence-corrected chi connectivity index (χ4v) is 2.52. The number of nitrogens with zero attached hydrogens (tertiary/aromatic N) is 1. The van der Waals surface area contributed by atoms with Crippen LogP contribution in [0.4, 0.5) is 5.69 Å². The van der Waals surface area contributed by atoms with Gasteiger partial charge in [-0.25, -0.2) is 0 Å². The molecule has 3 heteroatoms. The normalized spacial score (nSPS) is 12.8. The minimum Gasteiger partial charge on any atom is -0.383 e. The second-order valence-electron chi connectivity index (χ2n) is 6.13. The third-order valence-electron chi connectivity index (χ3n) is 3.31. The van der Waals surface area contributed by atoms with Gasteiger partial charge in [0.25, 0.3) is 0 Å². The molecule has 1 atom stereocenters. The standard InChI is InChI=1S/C17H30N2O/c1-13(2)12-19(8-9-20-5)17-7-6-16(10-14(17)3)11-15(4)18/h6-7,10,13,15H,8-9,11-12,18H2,1-5H3. The molecule has 0 aliphatic rings. The fraction of sp³-hybridized carbons (Fsp3) is 0.647. The van der Waals surface area contributed by atoms with Gasteiger partial charge >= 0.3 is 0 Å². The Hall–Kier alpha value is -1.06. The fourth-order valence-electron chi connectivity index (χ4n) is 2.52. The van der Waals surface area contributed by atoms with Gasteiger partial charge in [-0.15, -0.1) is 0 Å². The average molecular weight is 278 g/mol. The predicted molar refractivity (Wildman–Crippen MR) is 87.5 cm³/mol. The van der Waals surface area contributed by atoms with Crippen LogP contribution >= 0.6 is 0 Å². The van der Waals surface area contributed by atoms with Crippen LogP contribution in [0.1, 0.15) is 31.9 Å². The van der Waals surface area contributed by atoms with Gasteiger partial charge < -0.3 is 15.4 Å². The first-order valence-electron chi connectivity index (χ1n) is 7.53. The molecule has 0 spiro atoms. The van der Waals surface area contributed by atoms with Gasteiger partial charge in [-0.05, 0) is 43.4 Å². The van der Waals surface area contributed by atoms with Gasteiger partial charge in [0.1, 0.15) is 0 Å². The molecule has 1 rings (SSSR count). The summed E-state index contributed by atoms with van der Waals surface area (Å²) in [5, 5.41) is 0. The molecule has 1 aromatic carbocycles. The quantitative estimate of drug-likeness (QED) is 0.794. The lowest BCUT2D eigenvalue weighted by molar-refractivity contribution is 0.204. The molecule has 20 heavy (non-hydrogen) atoms. The van der Waals surface area contributed by atoms with Crippen molar-refractivity contribution in [1.29, 1.82) is 0 Å². The second-order valence-corrected chi connectivity index (χ2v) is 6.13. The summed E-state index contributed by atoms with van der Waals surface area (Å²) in [6.45, 7) is 11.5. The van der Waals surface area contributed by atoms with Gasteiger partial charge in [0.2, 0.25) is 0 Å². The van der Waals surface area contributed by atoms with Crippen molar-refractivity contribution >= 4 is 5.69 Å². The Labute approximate surface area is 124 Å². The Bertz CT molecular complexity index is 402.